The molecule has 4 heterocycles. The molecule has 2 N–H and O–H groups in total. The topological polar surface area (TPSA) is 89.5 Å². The summed E-state index contributed by atoms with van der Waals surface area (Å²) >= 11 is 0. The minimum Gasteiger partial charge on any atom is -0.384 e. The molecular weight excluding hydrogens is 476 g/mol. The van der Waals surface area contributed by atoms with Crippen molar-refractivity contribution in [2.75, 3.05) is 37.4 Å². The number of nitrogens with two attached hydrogens (primary N) is 1. The molecule has 8 heteroatoms. The number of nitrogen functional groups attached to an aromatic ring is 1. The maximum atomic E-state index is 13.7. The summed E-state index contributed by atoms with van der Waals surface area (Å²) in [6.45, 7) is 6.44. The SMILES string of the molecule is COCCn1cc(CN(Cc2ccnc(C)c2)[C@H]2CCCN(c3ccc(N)nc3)C2)c(=O)c2ccccc21. The van der Waals surface area contributed by atoms with Gasteiger partial charge in [0.15, 0.2) is 5.43 Å². The van der Waals surface area contributed by atoms with Gasteiger partial charge >= 0.3 is 0 Å². The number of fused-ring (bicyclic) bond motifs is 1. The Labute approximate surface area is 223 Å². The summed E-state index contributed by atoms with van der Waals surface area (Å²) in [5.74, 6) is 0.526. The number of aryl methyl sites for hydroxylation is 1. The van der Waals surface area contributed by atoms with Crippen molar-refractivity contribution in [2.24, 2.45) is 0 Å². The Hall–Kier alpha value is -3.75. The second-order valence-electron chi connectivity index (χ2n) is 10.1. The quantitative estimate of drug-likeness (QED) is 0.363. The van der Waals surface area contributed by atoms with E-state index in [2.05, 4.69) is 36.5 Å². The van der Waals surface area contributed by atoms with Crippen LogP contribution < -0.4 is 16.1 Å². The number of para-hydroxylation sites is 1. The molecule has 8 nitrogen and oxygen atoms in total. The highest BCUT2D eigenvalue weighted by molar-refractivity contribution is 5.79. The Morgan fingerprint density at radius 3 is 2.79 bits per heavy atom. The minimum absolute atomic E-state index is 0.0978. The van der Waals surface area contributed by atoms with Gasteiger partial charge in [0.25, 0.3) is 0 Å². The zero-order valence-corrected chi connectivity index (χ0v) is 22.2. The number of hydrogen-bond donors (Lipinski definition) is 1. The highest BCUT2D eigenvalue weighted by atomic mass is 16.5. The average Bonchev–Trinajstić information content (AvgIpc) is 2.94. The van der Waals surface area contributed by atoms with E-state index >= 15 is 0 Å². The second kappa shape index (κ2) is 11.8. The third-order valence-corrected chi connectivity index (χ3v) is 7.37. The maximum Gasteiger partial charge on any atom is 0.193 e. The first-order valence-corrected chi connectivity index (χ1v) is 13.2. The van der Waals surface area contributed by atoms with Crippen LogP contribution >= 0.6 is 0 Å². The van der Waals surface area contributed by atoms with Gasteiger partial charge in [0.1, 0.15) is 5.82 Å². The Kier molecular flexibility index (Phi) is 8.00. The van der Waals surface area contributed by atoms with E-state index in [1.807, 2.05) is 61.9 Å². The molecular formula is C30H36N6O2. The molecule has 0 saturated carbocycles. The van der Waals surface area contributed by atoms with Crippen LogP contribution in [0, 0.1) is 6.92 Å². The third kappa shape index (κ3) is 5.87. The van der Waals surface area contributed by atoms with E-state index in [0.717, 1.165) is 60.3 Å². The molecule has 0 aliphatic carbocycles. The first-order valence-electron chi connectivity index (χ1n) is 13.2. The van der Waals surface area contributed by atoms with Gasteiger partial charge in [-0.3, -0.25) is 14.7 Å². The van der Waals surface area contributed by atoms with Crippen molar-refractivity contribution in [3.05, 3.63) is 94.2 Å². The van der Waals surface area contributed by atoms with Crippen LogP contribution in [0.15, 0.2) is 71.9 Å². The van der Waals surface area contributed by atoms with Gasteiger partial charge in [0.2, 0.25) is 0 Å². The average molecular weight is 513 g/mol. The lowest BCUT2D eigenvalue weighted by Crippen LogP contribution is -2.48. The van der Waals surface area contributed by atoms with Crippen LogP contribution in [-0.2, 0) is 24.4 Å². The minimum atomic E-state index is 0.0978. The standard InChI is InChI=1S/C30H36N6O2/c1-22-16-23(11-12-32-22)18-36(26-6-5-13-34(21-26)25-9-10-29(31)33-17-25)20-24-19-35(14-15-38-2)28-8-4-3-7-27(28)30(24)37/h3-4,7-12,16-17,19,26H,5-6,13-15,18,20-21H2,1-2H3,(H2,31,33)/t26-/m0/s1. The molecule has 1 fully saturated rings. The second-order valence-corrected chi connectivity index (χ2v) is 10.1. The summed E-state index contributed by atoms with van der Waals surface area (Å²) in [5, 5.41) is 0.749. The molecule has 4 aromatic rings. The van der Waals surface area contributed by atoms with Crippen molar-refractivity contribution >= 4 is 22.4 Å². The summed E-state index contributed by atoms with van der Waals surface area (Å²) < 4.78 is 7.51. The van der Waals surface area contributed by atoms with E-state index in [9.17, 15) is 4.79 Å². The van der Waals surface area contributed by atoms with Gasteiger partial charge in [-0.1, -0.05) is 12.1 Å². The Morgan fingerprint density at radius 1 is 1.13 bits per heavy atom. The van der Waals surface area contributed by atoms with Crippen molar-refractivity contribution in [1.29, 1.82) is 0 Å². The summed E-state index contributed by atoms with van der Waals surface area (Å²) in [6.07, 6.45) is 7.87. The zero-order valence-electron chi connectivity index (χ0n) is 22.2. The Morgan fingerprint density at radius 2 is 2.00 bits per heavy atom. The van der Waals surface area contributed by atoms with Gasteiger partial charge in [-0.15, -0.1) is 0 Å². The van der Waals surface area contributed by atoms with Crippen molar-refractivity contribution in [3.8, 4) is 0 Å². The largest absolute Gasteiger partial charge is 0.384 e. The van der Waals surface area contributed by atoms with Gasteiger partial charge < -0.3 is 19.9 Å². The van der Waals surface area contributed by atoms with Gasteiger partial charge in [-0.2, -0.15) is 0 Å². The third-order valence-electron chi connectivity index (χ3n) is 7.37. The van der Waals surface area contributed by atoms with E-state index in [1.54, 1.807) is 7.11 Å². The molecule has 5 rings (SSSR count). The lowest BCUT2D eigenvalue weighted by molar-refractivity contribution is 0.157. The molecule has 0 amide bonds. The number of anilines is 2. The van der Waals surface area contributed by atoms with Crippen LogP contribution in [0.4, 0.5) is 11.5 Å². The van der Waals surface area contributed by atoms with Crippen LogP contribution in [0.2, 0.25) is 0 Å². The fourth-order valence-electron chi connectivity index (χ4n) is 5.43. The van der Waals surface area contributed by atoms with Crippen molar-refractivity contribution in [3.63, 3.8) is 0 Å². The van der Waals surface area contributed by atoms with Crippen LogP contribution in [0.3, 0.4) is 0 Å². The number of pyridine rings is 3. The van der Waals surface area contributed by atoms with Crippen LogP contribution in [0.5, 0.6) is 0 Å². The molecule has 38 heavy (non-hydrogen) atoms. The molecule has 1 aromatic carbocycles. The van der Waals surface area contributed by atoms with E-state index in [-0.39, 0.29) is 11.5 Å². The Bertz CT molecular complexity index is 1440. The number of nitrogens with zero attached hydrogens (tertiary/aromatic N) is 5. The van der Waals surface area contributed by atoms with Crippen molar-refractivity contribution in [2.45, 2.75) is 45.4 Å². The zero-order chi connectivity index (χ0) is 26.5. The molecule has 0 spiro atoms. The molecule has 1 atom stereocenters. The van der Waals surface area contributed by atoms with E-state index in [1.165, 1.54) is 5.56 Å². The first-order chi connectivity index (χ1) is 18.5. The highest BCUT2D eigenvalue weighted by Crippen LogP contribution is 2.25. The number of hydrogen-bond acceptors (Lipinski definition) is 7. The van der Waals surface area contributed by atoms with Crippen LogP contribution in [0.25, 0.3) is 10.9 Å². The Balaban J connectivity index is 1.49. The molecule has 0 unspecified atom stereocenters. The maximum absolute atomic E-state index is 13.7. The summed E-state index contributed by atoms with van der Waals surface area (Å²) in [7, 11) is 1.70. The fraction of sp³-hybridized carbons (Fsp3) is 0.367. The summed E-state index contributed by atoms with van der Waals surface area (Å²) in [5.41, 5.74) is 10.9. The predicted octanol–water partition coefficient (Wildman–Crippen LogP) is 4.00. The molecule has 0 bridgehead atoms. The normalized spacial score (nSPS) is 15.9. The van der Waals surface area contributed by atoms with Crippen molar-refractivity contribution < 1.29 is 4.74 Å². The predicted molar refractivity (Wildman–Crippen MR) is 152 cm³/mol. The first kappa shape index (κ1) is 25.9. The molecule has 1 aliphatic rings. The lowest BCUT2D eigenvalue weighted by atomic mass is 10.0. The summed E-state index contributed by atoms with van der Waals surface area (Å²) in [4.78, 5) is 27.2. The number of ether oxygens (including phenoxy) is 1. The molecule has 3 aromatic heterocycles. The number of piperidine rings is 1. The van der Waals surface area contributed by atoms with Gasteiger partial charge in [-0.05, 0) is 61.7 Å². The van der Waals surface area contributed by atoms with Gasteiger partial charge in [0.05, 0.1) is 24.0 Å². The van der Waals surface area contributed by atoms with Crippen LogP contribution in [0.1, 0.15) is 29.7 Å². The number of rotatable bonds is 9. The number of aromatic nitrogens is 3. The molecule has 198 valence electrons. The van der Waals surface area contributed by atoms with E-state index < -0.39 is 0 Å². The monoisotopic (exact) mass is 512 g/mol. The number of benzene rings is 1. The smallest absolute Gasteiger partial charge is 0.193 e. The van der Waals surface area contributed by atoms with Crippen LogP contribution in [-0.4, -0.2) is 52.3 Å². The molecule has 0 radical (unpaired) electrons. The molecule has 1 saturated heterocycles. The van der Waals surface area contributed by atoms with Gasteiger partial charge in [0, 0.05) is 74.9 Å². The molecule has 1 aliphatic heterocycles. The highest BCUT2D eigenvalue weighted by Gasteiger charge is 2.27. The van der Waals surface area contributed by atoms with Crippen molar-refractivity contribution in [1.82, 2.24) is 19.4 Å². The number of methoxy groups -OCH3 is 1. The summed E-state index contributed by atoms with van der Waals surface area (Å²) in [6, 6.07) is 16.2. The fourth-order valence-corrected chi connectivity index (χ4v) is 5.43. The van der Waals surface area contributed by atoms with E-state index in [0.29, 0.717) is 25.5 Å². The lowest BCUT2D eigenvalue weighted by Gasteiger charge is -2.40. The van der Waals surface area contributed by atoms with Gasteiger partial charge in [-0.25, -0.2) is 4.98 Å². The van der Waals surface area contributed by atoms with E-state index in [4.69, 9.17) is 10.5 Å².